The number of ketones is 1. The highest BCUT2D eigenvalue weighted by Crippen LogP contribution is 2.13. The largest absolute Gasteiger partial charge is 0.453 e. The number of hydrogen-bond acceptors (Lipinski definition) is 5. The van der Waals surface area contributed by atoms with E-state index in [1.807, 2.05) is 37.3 Å². The molecular formula is C23H27N3O5. The Bertz CT molecular complexity index is 897. The van der Waals surface area contributed by atoms with Crippen molar-refractivity contribution in [1.82, 2.24) is 10.6 Å². The summed E-state index contributed by atoms with van der Waals surface area (Å²) in [5.41, 5.74) is 1.86. The van der Waals surface area contributed by atoms with Crippen LogP contribution in [0.4, 0.5) is 10.5 Å². The van der Waals surface area contributed by atoms with Gasteiger partial charge in [0.2, 0.25) is 11.7 Å². The van der Waals surface area contributed by atoms with Crippen molar-refractivity contribution in [2.75, 3.05) is 11.9 Å². The Kier molecular flexibility index (Phi) is 9.22. The molecular weight excluding hydrogens is 398 g/mol. The Labute approximate surface area is 181 Å². The van der Waals surface area contributed by atoms with Crippen LogP contribution in [-0.2, 0) is 20.9 Å². The third-order valence-corrected chi connectivity index (χ3v) is 4.30. The number of benzene rings is 2. The third kappa shape index (κ3) is 8.30. The van der Waals surface area contributed by atoms with E-state index in [9.17, 15) is 19.2 Å². The van der Waals surface area contributed by atoms with Gasteiger partial charge in [-0.3, -0.25) is 14.4 Å². The molecule has 3 N–H and O–H groups in total. The van der Waals surface area contributed by atoms with Crippen LogP contribution >= 0.6 is 0 Å². The van der Waals surface area contributed by atoms with Crippen molar-refractivity contribution in [2.24, 2.45) is 0 Å². The van der Waals surface area contributed by atoms with Crippen molar-refractivity contribution in [1.29, 1.82) is 0 Å². The summed E-state index contributed by atoms with van der Waals surface area (Å²) in [6.07, 6.45) is 0.156. The molecule has 0 bridgehead atoms. The molecule has 0 heterocycles. The second-order valence-corrected chi connectivity index (χ2v) is 6.89. The fourth-order valence-electron chi connectivity index (χ4n) is 2.69. The number of Topliss-reactive ketones (excluding diaryl/α,β-unsaturated/α-hetero) is 1. The Hall–Kier alpha value is -3.68. The van der Waals surface area contributed by atoms with Crippen molar-refractivity contribution in [3.63, 3.8) is 0 Å². The molecule has 0 aliphatic rings. The summed E-state index contributed by atoms with van der Waals surface area (Å²) in [7, 11) is 0. The molecule has 3 amide bonds. The number of amides is 3. The number of rotatable bonds is 10. The zero-order chi connectivity index (χ0) is 22.6. The van der Waals surface area contributed by atoms with Gasteiger partial charge in [-0.1, -0.05) is 37.3 Å². The summed E-state index contributed by atoms with van der Waals surface area (Å²) < 4.78 is 5.11. The van der Waals surface area contributed by atoms with E-state index in [2.05, 4.69) is 16.0 Å². The first-order valence-electron chi connectivity index (χ1n) is 10.1. The number of anilines is 1. The highest BCUT2D eigenvalue weighted by molar-refractivity contribution is 6.01. The van der Waals surface area contributed by atoms with Gasteiger partial charge in [-0.05, 0) is 43.2 Å². The highest BCUT2D eigenvalue weighted by atomic mass is 16.5. The van der Waals surface area contributed by atoms with E-state index < -0.39 is 18.1 Å². The van der Waals surface area contributed by atoms with Crippen LogP contribution in [0.5, 0.6) is 0 Å². The van der Waals surface area contributed by atoms with Crippen LogP contribution in [0.15, 0.2) is 54.6 Å². The van der Waals surface area contributed by atoms with Gasteiger partial charge >= 0.3 is 12.0 Å². The first-order chi connectivity index (χ1) is 14.9. The van der Waals surface area contributed by atoms with Gasteiger partial charge in [0.15, 0.2) is 6.10 Å². The van der Waals surface area contributed by atoms with Gasteiger partial charge < -0.3 is 20.7 Å². The molecule has 1 unspecified atom stereocenters. The standard InChI is InChI=1S/C23H27N3O5/c1-3-7-20(27)26-19-12-10-18(11-13-19)22(29)16(2)31-21(28)15-25-23(30)24-14-17-8-5-4-6-9-17/h4-6,8-13,16H,3,7,14-15H2,1-2H3,(H,26,27)(H2,24,25,30). The second-order valence-electron chi connectivity index (χ2n) is 6.89. The first kappa shape index (κ1) is 23.6. The van der Waals surface area contributed by atoms with Crippen molar-refractivity contribution in [3.8, 4) is 0 Å². The summed E-state index contributed by atoms with van der Waals surface area (Å²) in [6.45, 7) is 3.34. The Balaban J connectivity index is 1.75. The molecule has 2 rings (SSSR count). The number of nitrogens with one attached hydrogen (secondary N) is 3. The summed E-state index contributed by atoms with van der Waals surface area (Å²) in [5, 5.41) is 7.76. The van der Waals surface area contributed by atoms with Crippen LogP contribution in [0.1, 0.15) is 42.6 Å². The second kappa shape index (κ2) is 12.1. The van der Waals surface area contributed by atoms with Crippen LogP contribution in [0.25, 0.3) is 0 Å². The van der Waals surface area contributed by atoms with E-state index in [1.165, 1.54) is 6.92 Å². The maximum atomic E-state index is 12.4. The van der Waals surface area contributed by atoms with Gasteiger partial charge in [-0.25, -0.2) is 4.79 Å². The van der Waals surface area contributed by atoms with Gasteiger partial charge in [0.25, 0.3) is 0 Å². The fraction of sp³-hybridized carbons (Fsp3) is 0.304. The van der Waals surface area contributed by atoms with Crippen LogP contribution in [0.2, 0.25) is 0 Å². The van der Waals surface area contributed by atoms with Gasteiger partial charge in [0.1, 0.15) is 6.54 Å². The van der Waals surface area contributed by atoms with E-state index in [0.717, 1.165) is 12.0 Å². The Morgan fingerprint density at radius 1 is 0.935 bits per heavy atom. The quantitative estimate of drug-likeness (QED) is 0.400. The molecule has 0 saturated carbocycles. The predicted molar refractivity (Wildman–Crippen MR) is 117 cm³/mol. The number of ether oxygens (including phenoxy) is 1. The smallest absolute Gasteiger partial charge is 0.326 e. The molecule has 0 spiro atoms. The molecule has 8 heteroatoms. The summed E-state index contributed by atoms with van der Waals surface area (Å²) >= 11 is 0. The van der Waals surface area contributed by atoms with E-state index >= 15 is 0 Å². The van der Waals surface area contributed by atoms with E-state index in [0.29, 0.717) is 24.2 Å². The average Bonchev–Trinajstić information content (AvgIpc) is 2.77. The van der Waals surface area contributed by atoms with E-state index in [4.69, 9.17) is 4.74 Å². The zero-order valence-corrected chi connectivity index (χ0v) is 17.6. The lowest BCUT2D eigenvalue weighted by Crippen LogP contribution is -2.39. The minimum Gasteiger partial charge on any atom is -0.453 e. The van der Waals surface area contributed by atoms with E-state index in [-0.39, 0.29) is 18.2 Å². The first-order valence-corrected chi connectivity index (χ1v) is 10.1. The molecule has 164 valence electrons. The van der Waals surface area contributed by atoms with E-state index in [1.54, 1.807) is 24.3 Å². The molecule has 0 saturated heterocycles. The maximum absolute atomic E-state index is 12.4. The average molecular weight is 425 g/mol. The Morgan fingerprint density at radius 3 is 2.26 bits per heavy atom. The zero-order valence-electron chi connectivity index (χ0n) is 17.6. The molecule has 8 nitrogen and oxygen atoms in total. The van der Waals surface area contributed by atoms with Gasteiger partial charge in [0.05, 0.1) is 0 Å². The molecule has 0 aliphatic carbocycles. The summed E-state index contributed by atoms with van der Waals surface area (Å²) in [6, 6.07) is 15.2. The molecule has 0 aromatic heterocycles. The minimum atomic E-state index is -1.01. The van der Waals surface area contributed by atoms with Gasteiger partial charge in [0, 0.05) is 24.2 Å². The van der Waals surface area contributed by atoms with Crippen LogP contribution < -0.4 is 16.0 Å². The lowest BCUT2D eigenvalue weighted by molar-refractivity contribution is -0.145. The van der Waals surface area contributed by atoms with Crippen LogP contribution in [0.3, 0.4) is 0 Å². The Morgan fingerprint density at radius 2 is 1.61 bits per heavy atom. The lowest BCUT2D eigenvalue weighted by atomic mass is 10.1. The number of carbonyl (C=O) groups excluding carboxylic acids is 4. The van der Waals surface area contributed by atoms with Gasteiger partial charge in [-0.2, -0.15) is 0 Å². The van der Waals surface area contributed by atoms with Crippen molar-refractivity contribution >= 4 is 29.4 Å². The molecule has 31 heavy (non-hydrogen) atoms. The summed E-state index contributed by atoms with van der Waals surface area (Å²) in [4.78, 5) is 47.8. The number of esters is 1. The monoisotopic (exact) mass is 425 g/mol. The van der Waals surface area contributed by atoms with Crippen molar-refractivity contribution < 1.29 is 23.9 Å². The predicted octanol–water partition coefficient (Wildman–Crippen LogP) is 3.04. The number of urea groups is 1. The maximum Gasteiger partial charge on any atom is 0.326 e. The SMILES string of the molecule is CCCC(=O)Nc1ccc(C(=O)C(C)OC(=O)CNC(=O)NCc2ccccc2)cc1. The molecule has 0 radical (unpaired) electrons. The fourth-order valence-corrected chi connectivity index (χ4v) is 2.69. The third-order valence-electron chi connectivity index (χ3n) is 4.30. The molecule has 2 aromatic rings. The minimum absolute atomic E-state index is 0.0934. The molecule has 1 atom stereocenters. The van der Waals surface area contributed by atoms with Crippen LogP contribution in [0, 0.1) is 0 Å². The highest BCUT2D eigenvalue weighted by Gasteiger charge is 2.20. The molecule has 0 aliphatic heterocycles. The van der Waals surface area contributed by atoms with Gasteiger partial charge in [-0.15, -0.1) is 0 Å². The molecule has 0 fully saturated rings. The van der Waals surface area contributed by atoms with Crippen molar-refractivity contribution in [2.45, 2.75) is 39.3 Å². The van der Waals surface area contributed by atoms with Crippen molar-refractivity contribution in [3.05, 3.63) is 65.7 Å². The lowest BCUT2D eigenvalue weighted by Gasteiger charge is -2.13. The van der Waals surface area contributed by atoms with Crippen LogP contribution in [-0.4, -0.2) is 36.3 Å². The summed E-state index contributed by atoms with van der Waals surface area (Å²) in [5.74, 6) is -1.20. The number of carbonyl (C=O) groups is 4. The topological polar surface area (TPSA) is 114 Å². The molecule has 2 aromatic carbocycles. The normalized spacial score (nSPS) is 11.2. The number of hydrogen-bond donors (Lipinski definition) is 3.